The minimum absolute atomic E-state index is 0.0116. The quantitative estimate of drug-likeness (QED) is 0.879. The van der Waals surface area contributed by atoms with Crippen molar-refractivity contribution < 1.29 is 4.79 Å². The maximum atomic E-state index is 12.1. The second-order valence-electron chi connectivity index (χ2n) is 4.80. The predicted molar refractivity (Wildman–Crippen MR) is 75.8 cm³/mol. The summed E-state index contributed by atoms with van der Waals surface area (Å²) in [6.45, 7) is 3.80. The fourth-order valence-electron chi connectivity index (χ4n) is 2.38. The summed E-state index contributed by atoms with van der Waals surface area (Å²) in [5.74, 6) is 0.160. The molecule has 2 rings (SSSR count). The summed E-state index contributed by atoms with van der Waals surface area (Å²) in [5.41, 5.74) is 1.36. The average molecular weight is 266 g/mol. The molecule has 1 amide bonds. The van der Waals surface area contributed by atoms with Crippen LogP contribution in [0.1, 0.15) is 43.0 Å². The van der Waals surface area contributed by atoms with Gasteiger partial charge in [-0.15, -0.1) is 11.3 Å². The van der Waals surface area contributed by atoms with E-state index in [1.807, 2.05) is 0 Å². The number of amides is 1. The Labute approximate surface area is 113 Å². The summed E-state index contributed by atoms with van der Waals surface area (Å²) in [7, 11) is 0. The monoisotopic (exact) mass is 266 g/mol. The van der Waals surface area contributed by atoms with E-state index in [9.17, 15) is 4.79 Å². The number of carbonyl (C=O) groups excluding carboxylic acids is 1. The van der Waals surface area contributed by atoms with Crippen molar-refractivity contribution in [1.29, 1.82) is 0 Å². The molecule has 0 aromatic carbocycles. The number of carbonyl (C=O) groups is 1. The molecule has 1 aromatic heterocycles. The zero-order valence-corrected chi connectivity index (χ0v) is 11.8. The van der Waals surface area contributed by atoms with E-state index in [1.165, 1.54) is 23.3 Å². The Bertz CT molecular complexity index is 381. The number of aryl methyl sites for hydroxylation is 1. The summed E-state index contributed by atoms with van der Waals surface area (Å²) in [6, 6.07) is 2.16. The molecule has 4 heteroatoms. The van der Waals surface area contributed by atoms with Gasteiger partial charge < -0.3 is 10.6 Å². The van der Waals surface area contributed by atoms with E-state index in [2.05, 4.69) is 29.0 Å². The third-order valence-corrected chi connectivity index (χ3v) is 4.48. The molecule has 3 nitrogen and oxygen atoms in total. The normalized spacial score (nSPS) is 20.4. The van der Waals surface area contributed by atoms with E-state index in [1.54, 1.807) is 11.3 Å². The Morgan fingerprint density at radius 3 is 3.22 bits per heavy atom. The first-order valence-electron chi connectivity index (χ1n) is 6.87. The van der Waals surface area contributed by atoms with Gasteiger partial charge in [-0.05, 0) is 42.8 Å². The SMILES string of the molecule is CCc1ccsc1CNC(=O)C1CCCCCN1. The molecule has 0 saturated carbocycles. The topological polar surface area (TPSA) is 41.1 Å². The first kappa shape index (κ1) is 13.6. The molecule has 1 aliphatic rings. The maximum Gasteiger partial charge on any atom is 0.237 e. The average Bonchev–Trinajstić information content (AvgIpc) is 2.67. The Morgan fingerprint density at radius 2 is 2.39 bits per heavy atom. The van der Waals surface area contributed by atoms with Crippen molar-refractivity contribution in [1.82, 2.24) is 10.6 Å². The van der Waals surface area contributed by atoms with E-state index in [-0.39, 0.29) is 11.9 Å². The highest BCUT2D eigenvalue weighted by Crippen LogP contribution is 2.17. The van der Waals surface area contributed by atoms with Crippen LogP contribution in [-0.2, 0) is 17.8 Å². The van der Waals surface area contributed by atoms with Crippen LogP contribution in [0, 0.1) is 0 Å². The molecule has 1 aliphatic heterocycles. The molecular formula is C14H22N2OS. The van der Waals surface area contributed by atoms with Gasteiger partial charge >= 0.3 is 0 Å². The van der Waals surface area contributed by atoms with Gasteiger partial charge in [0.25, 0.3) is 0 Å². The van der Waals surface area contributed by atoms with Crippen LogP contribution in [0.25, 0.3) is 0 Å². The van der Waals surface area contributed by atoms with Crippen molar-refractivity contribution in [3.8, 4) is 0 Å². The highest BCUT2D eigenvalue weighted by Gasteiger charge is 2.19. The van der Waals surface area contributed by atoms with Gasteiger partial charge in [-0.3, -0.25) is 4.79 Å². The summed E-state index contributed by atoms with van der Waals surface area (Å²) < 4.78 is 0. The number of nitrogens with one attached hydrogen (secondary N) is 2. The van der Waals surface area contributed by atoms with Gasteiger partial charge in [-0.2, -0.15) is 0 Å². The Balaban J connectivity index is 1.83. The smallest absolute Gasteiger partial charge is 0.237 e. The molecule has 18 heavy (non-hydrogen) atoms. The molecule has 2 heterocycles. The van der Waals surface area contributed by atoms with Gasteiger partial charge in [-0.25, -0.2) is 0 Å². The second kappa shape index (κ2) is 6.90. The molecule has 1 aromatic rings. The van der Waals surface area contributed by atoms with Crippen LogP contribution in [0.4, 0.5) is 0 Å². The lowest BCUT2D eigenvalue weighted by atomic mass is 10.1. The van der Waals surface area contributed by atoms with Crippen molar-refractivity contribution >= 4 is 17.2 Å². The van der Waals surface area contributed by atoms with Gasteiger partial charge in [-0.1, -0.05) is 19.8 Å². The van der Waals surface area contributed by atoms with Crippen molar-refractivity contribution in [3.05, 3.63) is 21.9 Å². The van der Waals surface area contributed by atoms with Gasteiger partial charge in [0.1, 0.15) is 0 Å². The highest BCUT2D eigenvalue weighted by molar-refractivity contribution is 7.10. The van der Waals surface area contributed by atoms with E-state index in [0.29, 0.717) is 6.54 Å². The molecule has 1 saturated heterocycles. The molecule has 1 fully saturated rings. The predicted octanol–water partition coefficient (Wildman–Crippen LogP) is 2.46. The van der Waals surface area contributed by atoms with Crippen LogP contribution in [0.5, 0.6) is 0 Å². The number of hydrogen-bond acceptors (Lipinski definition) is 3. The highest BCUT2D eigenvalue weighted by atomic mass is 32.1. The van der Waals surface area contributed by atoms with Gasteiger partial charge in [0.2, 0.25) is 5.91 Å². The maximum absolute atomic E-state index is 12.1. The Morgan fingerprint density at radius 1 is 1.50 bits per heavy atom. The van der Waals surface area contributed by atoms with Gasteiger partial charge in [0.15, 0.2) is 0 Å². The fourth-order valence-corrected chi connectivity index (χ4v) is 3.30. The van der Waals surface area contributed by atoms with Crippen LogP contribution < -0.4 is 10.6 Å². The van der Waals surface area contributed by atoms with Crippen LogP contribution in [0.3, 0.4) is 0 Å². The van der Waals surface area contributed by atoms with E-state index in [0.717, 1.165) is 25.8 Å². The molecule has 0 spiro atoms. The number of rotatable bonds is 4. The van der Waals surface area contributed by atoms with Crippen LogP contribution in [0.15, 0.2) is 11.4 Å². The first-order chi connectivity index (χ1) is 8.81. The largest absolute Gasteiger partial charge is 0.350 e. The Kier molecular flexibility index (Phi) is 5.20. The minimum Gasteiger partial charge on any atom is -0.350 e. The lowest BCUT2D eigenvalue weighted by Gasteiger charge is -2.15. The zero-order valence-electron chi connectivity index (χ0n) is 11.0. The number of hydrogen-bond donors (Lipinski definition) is 2. The van der Waals surface area contributed by atoms with Crippen LogP contribution in [-0.4, -0.2) is 18.5 Å². The molecule has 1 atom stereocenters. The molecule has 0 radical (unpaired) electrons. The summed E-state index contributed by atoms with van der Waals surface area (Å²) in [5, 5.41) is 8.50. The first-order valence-corrected chi connectivity index (χ1v) is 7.75. The second-order valence-corrected chi connectivity index (χ2v) is 5.80. The van der Waals surface area contributed by atoms with Gasteiger partial charge in [0.05, 0.1) is 12.6 Å². The standard InChI is InChI=1S/C14H22N2OS/c1-2-11-7-9-18-13(11)10-16-14(17)12-6-4-3-5-8-15-12/h7,9,12,15H,2-6,8,10H2,1H3,(H,16,17). The molecule has 100 valence electrons. The van der Waals surface area contributed by atoms with E-state index >= 15 is 0 Å². The van der Waals surface area contributed by atoms with E-state index < -0.39 is 0 Å². The zero-order chi connectivity index (χ0) is 12.8. The van der Waals surface area contributed by atoms with Crippen molar-refractivity contribution in [3.63, 3.8) is 0 Å². The van der Waals surface area contributed by atoms with Crippen LogP contribution >= 0.6 is 11.3 Å². The summed E-state index contributed by atoms with van der Waals surface area (Å²) in [6.07, 6.45) is 5.59. The summed E-state index contributed by atoms with van der Waals surface area (Å²) >= 11 is 1.73. The van der Waals surface area contributed by atoms with Crippen molar-refractivity contribution in [2.24, 2.45) is 0 Å². The lowest BCUT2D eigenvalue weighted by molar-refractivity contribution is -0.123. The number of thiophene rings is 1. The molecule has 0 aliphatic carbocycles. The third kappa shape index (κ3) is 3.56. The van der Waals surface area contributed by atoms with Crippen molar-refractivity contribution in [2.75, 3.05) is 6.54 Å². The molecule has 1 unspecified atom stereocenters. The van der Waals surface area contributed by atoms with Crippen molar-refractivity contribution in [2.45, 2.75) is 51.6 Å². The fraction of sp³-hybridized carbons (Fsp3) is 0.643. The lowest BCUT2D eigenvalue weighted by Crippen LogP contribution is -2.43. The molecule has 2 N–H and O–H groups in total. The van der Waals surface area contributed by atoms with Gasteiger partial charge in [0, 0.05) is 4.88 Å². The third-order valence-electron chi connectivity index (χ3n) is 3.52. The molecule has 0 bridgehead atoms. The molecular weight excluding hydrogens is 244 g/mol. The Hall–Kier alpha value is -0.870. The minimum atomic E-state index is 0.0116. The van der Waals surface area contributed by atoms with E-state index in [4.69, 9.17) is 0 Å². The summed E-state index contributed by atoms with van der Waals surface area (Å²) in [4.78, 5) is 13.4. The van der Waals surface area contributed by atoms with Crippen LogP contribution in [0.2, 0.25) is 0 Å².